The fourth-order valence-electron chi connectivity index (χ4n) is 3.94. The third-order valence-electron chi connectivity index (χ3n) is 4.74. The summed E-state index contributed by atoms with van der Waals surface area (Å²) in [7, 11) is 1.68. The first-order valence-corrected chi connectivity index (χ1v) is 9.00. The number of carbonyl (C=O) groups excluding carboxylic acids is 1. The maximum Gasteiger partial charge on any atom is 0.317 e. The molecule has 0 aromatic heterocycles. The van der Waals surface area contributed by atoms with E-state index in [1.807, 2.05) is 6.07 Å². The van der Waals surface area contributed by atoms with Gasteiger partial charge in [-0.25, -0.2) is 4.79 Å². The molecule has 1 aromatic rings. The van der Waals surface area contributed by atoms with Crippen LogP contribution in [0.5, 0.6) is 0 Å². The van der Waals surface area contributed by atoms with Crippen LogP contribution in [-0.4, -0.2) is 46.7 Å². The van der Waals surface area contributed by atoms with Crippen molar-refractivity contribution < 1.29 is 9.90 Å². The monoisotopic (exact) mass is 358 g/mol. The van der Waals surface area contributed by atoms with Crippen LogP contribution < -0.4 is 10.6 Å². The van der Waals surface area contributed by atoms with Gasteiger partial charge in [-0.1, -0.05) is 12.1 Å². The average molecular weight is 358 g/mol. The fourth-order valence-corrected chi connectivity index (χ4v) is 3.94. The molecule has 1 aliphatic heterocycles. The van der Waals surface area contributed by atoms with Crippen molar-refractivity contribution >= 4 is 6.03 Å². The number of nitriles is 1. The Bertz CT molecular complexity index is 660. The van der Waals surface area contributed by atoms with Crippen LogP contribution in [-0.2, 0) is 0 Å². The van der Waals surface area contributed by atoms with E-state index in [0.717, 1.165) is 12.8 Å². The Hall–Kier alpha value is -2.10. The highest BCUT2D eigenvalue weighted by Crippen LogP contribution is 2.28. The van der Waals surface area contributed by atoms with Gasteiger partial charge in [0.25, 0.3) is 0 Å². The molecule has 0 bridgehead atoms. The normalized spacial score (nSPS) is 20.0. The molecule has 1 unspecified atom stereocenters. The summed E-state index contributed by atoms with van der Waals surface area (Å²) in [5, 5.41) is 25.9. The molecule has 0 saturated carbocycles. The highest BCUT2D eigenvalue weighted by Gasteiger charge is 2.38. The molecule has 3 N–H and O–H groups in total. The number of aliphatic hydroxyl groups is 1. The number of aliphatic hydroxyl groups excluding tert-OH is 1. The summed E-state index contributed by atoms with van der Waals surface area (Å²) in [5.74, 6) is 0. The summed E-state index contributed by atoms with van der Waals surface area (Å²) in [4.78, 5) is 14.0. The van der Waals surface area contributed by atoms with Crippen molar-refractivity contribution in [2.24, 2.45) is 0 Å². The Labute approximate surface area is 156 Å². The molecule has 142 valence electrons. The zero-order valence-electron chi connectivity index (χ0n) is 16.3. The summed E-state index contributed by atoms with van der Waals surface area (Å²) in [6.45, 7) is 8.77. The highest BCUT2D eigenvalue weighted by atomic mass is 16.3. The van der Waals surface area contributed by atoms with E-state index >= 15 is 0 Å². The first-order chi connectivity index (χ1) is 12.0. The third-order valence-corrected chi connectivity index (χ3v) is 4.74. The second-order valence-corrected chi connectivity index (χ2v) is 8.58. The number of urea groups is 1. The van der Waals surface area contributed by atoms with Crippen molar-refractivity contribution in [3.05, 3.63) is 35.4 Å². The van der Waals surface area contributed by atoms with Gasteiger partial charge in [0.1, 0.15) is 0 Å². The molecular weight excluding hydrogens is 328 g/mol. The summed E-state index contributed by atoms with van der Waals surface area (Å²) in [6.07, 6.45) is 0.918. The van der Waals surface area contributed by atoms with Crippen LogP contribution in [0.3, 0.4) is 0 Å². The van der Waals surface area contributed by atoms with Crippen LogP contribution >= 0.6 is 0 Å². The lowest BCUT2D eigenvalue weighted by Gasteiger charge is -2.46. The summed E-state index contributed by atoms with van der Waals surface area (Å²) in [6, 6.07) is 8.71. The number of nitrogens with one attached hydrogen (secondary N) is 2. The van der Waals surface area contributed by atoms with Gasteiger partial charge in [0, 0.05) is 24.2 Å². The molecule has 6 heteroatoms. The van der Waals surface area contributed by atoms with Crippen LogP contribution in [0.25, 0.3) is 0 Å². The first-order valence-electron chi connectivity index (χ1n) is 9.00. The maximum absolute atomic E-state index is 12.5. The van der Waals surface area contributed by atoms with Crippen molar-refractivity contribution in [3.8, 4) is 6.07 Å². The minimum Gasteiger partial charge on any atom is -0.387 e. The Morgan fingerprint density at radius 3 is 2.35 bits per heavy atom. The van der Waals surface area contributed by atoms with Crippen LogP contribution in [0.4, 0.5) is 4.79 Å². The zero-order valence-corrected chi connectivity index (χ0v) is 16.3. The van der Waals surface area contributed by atoms with E-state index in [1.54, 1.807) is 31.3 Å². The van der Waals surface area contributed by atoms with Crippen molar-refractivity contribution in [1.82, 2.24) is 15.5 Å². The molecule has 1 aromatic carbocycles. The van der Waals surface area contributed by atoms with E-state index in [2.05, 4.69) is 38.3 Å². The van der Waals surface area contributed by atoms with E-state index in [-0.39, 0.29) is 29.7 Å². The standard InChI is InChI=1S/C20H30N4O2/c1-19(2)10-16(11-20(3,4)23-19)22-18(26)24(5)13-17(25)15-8-6-14(12-21)7-9-15/h6-9,16-17,23,25H,10-11,13H2,1-5H3,(H,22,26). The predicted molar refractivity (Wildman–Crippen MR) is 102 cm³/mol. The molecule has 26 heavy (non-hydrogen) atoms. The molecule has 1 aliphatic rings. The molecule has 0 spiro atoms. The quantitative estimate of drug-likeness (QED) is 0.772. The number of carbonyl (C=O) groups is 1. The minimum absolute atomic E-state index is 0.0414. The van der Waals surface area contributed by atoms with Gasteiger partial charge < -0.3 is 20.6 Å². The van der Waals surface area contributed by atoms with Crippen LogP contribution in [0.2, 0.25) is 0 Å². The van der Waals surface area contributed by atoms with Gasteiger partial charge in [0.2, 0.25) is 0 Å². The zero-order chi connectivity index (χ0) is 19.5. The number of likely N-dealkylation sites (N-methyl/N-ethyl adjacent to an activating group) is 1. The van der Waals surface area contributed by atoms with Crippen LogP contribution in [0, 0.1) is 11.3 Å². The van der Waals surface area contributed by atoms with Crippen molar-refractivity contribution in [3.63, 3.8) is 0 Å². The van der Waals surface area contributed by atoms with Gasteiger partial charge in [-0.2, -0.15) is 5.26 Å². The second-order valence-electron chi connectivity index (χ2n) is 8.58. The maximum atomic E-state index is 12.5. The van der Waals surface area contributed by atoms with E-state index in [9.17, 15) is 9.90 Å². The summed E-state index contributed by atoms with van der Waals surface area (Å²) < 4.78 is 0. The van der Waals surface area contributed by atoms with Crippen LogP contribution in [0.1, 0.15) is 57.8 Å². The van der Waals surface area contributed by atoms with Gasteiger partial charge >= 0.3 is 6.03 Å². The molecule has 1 heterocycles. The molecule has 6 nitrogen and oxygen atoms in total. The Morgan fingerprint density at radius 2 is 1.85 bits per heavy atom. The molecule has 2 amide bonds. The third kappa shape index (κ3) is 5.45. The van der Waals surface area contributed by atoms with Gasteiger partial charge in [-0.05, 0) is 58.2 Å². The number of nitrogens with zero attached hydrogens (tertiary/aromatic N) is 2. The van der Waals surface area contributed by atoms with Gasteiger partial charge in [0.05, 0.1) is 24.3 Å². The second kappa shape index (κ2) is 7.65. The fraction of sp³-hybridized carbons (Fsp3) is 0.600. The summed E-state index contributed by atoms with van der Waals surface area (Å²) in [5.41, 5.74) is 1.15. The SMILES string of the molecule is CN(CC(O)c1ccc(C#N)cc1)C(=O)NC1CC(C)(C)NC(C)(C)C1. The molecule has 0 aliphatic carbocycles. The molecule has 0 radical (unpaired) electrons. The molecule has 1 saturated heterocycles. The number of benzene rings is 1. The number of rotatable bonds is 4. The van der Waals surface area contributed by atoms with Crippen molar-refractivity contribution in [1.29, 1.82) is 5.26 Å². The predicted octanol–water partition coefficient (Wildman–Crippen LogP) is 2.54. The number of hydrogen-bond donors (Lipinski definition) is 3. The minimum atomic E-state index is -0.792. The lowest BCUT2D eigenvalue weighted by atomic mass is 9.80. The number of amides is 2. The summed E-state index contributed by atoms with van der Waals surface area (Å²) >= 11 is 0. The van der Waals surface area contributed by atoms with Gasteiger partial charge in [0.15, 0.2) is 0 Å². The first kappa shape index (κ1) is 20.2. The lowest BCUT2D eigenvalue weighted by molar-refractivity contribution is 0.119. The van der Waals surface area contributed by atoms with Crippen molar-refractivity contribution in [2.45, 2.75) is 63.8 Å². The van der Waals surface area contributed by atoms with Crippen molar-refractivity contribution in [2.75, 3.05) is 13.6 Å². The average Bonchev–Trinajstić information content (AvgIpc) is 2.51. The molecule has 1 fully saturated rings. The van der Waals surface area contributed by atoms with E-state index in [4.69, 9.17) is 5.26 Å². The van der Waals surface area contributed by atoms with E-state index < -0.39 is 6.10 Å². The van der Waals surface area contributed by atoms with Crippen LogP contribution in [0.15, 0.2) is 24.3 Å². The highest BCUT2D eigenvalue weighted by molar-refractivity contribution is 5.74. The smallest absolute Gasteiger partial charge is 0.317 e. The lowest BCUT2D eigenvalue weighted by Crippen LogP contribution is -2.62. The Balaban J connectivity index is 1.93. The Kier molecular flexibility index (Phi) is 5.94. The number of hydrogen-bond acceptors (Lipinski definition) is 4. The van der Waals surface area contributed by atoms with Gasteiger partial charge in [-0.15, -0.1) is 0 Å². The van der Waals surface area contributed by atoms with E-state index in [1.165, 1.54) is 4.90 Å². The molecule has 2 rings (SSSR count). The van der Waals surface area contributed by atoms with Gasteiger partial charge in [-0.3, -0.25) is 0 Å². The largest absolute Gasteiger partial charge is 0.387 e. The Morgan fingerprint density at radius 1 is 1.31 bits per heavy atom. The molecular formula is C20H30N4O2. The van der Waals surface area contributed by atoms with E-state index in [0.29, 0.717) is 11.1 Å². The molecule has 1 atom stereocenters. The number of piperidine rings is 1. The topological polar surface area (TPSA) is 88.4 Å².